The van der Waals surface area contributed by atoms with Gasteiger partial charge in [0, 0.05) is 26.2 Å². The Morgan fingerprint density at radius 2 is 1.31 bits per heavy atom. The van der Waals surface area contributed by atoms with Crippen LogP contribution >= 0.6 is 0 Å². The van der Waals surface area contributed by atoms with Crippen molar-refractivity contribution in [3.63, 3.8) is 0 Å². The van der Waals surface area contributed by atoms with E-state index in [4.69, 9.17) is 4.74 Å². The van der Waals surface area contributed by atoms with Crippen LogP contribution in [-0.4, -0.2) is 42.3 Å². The molecule has 1 aliphatic heterocycles. The summed E-state index contributed by atoms with van der Waals surface area (Å²) in [6.07, 6.45) is -0.215. The van der Waals surface area contributed by atoms with E-state index in [1.165, 1.54) is 0 Å². The Bertz CT molecular complexity index is 745. The second kappa shape index (κ2) is 8.31. The van der Waals surface area contributed by atoms with Crippen LogP contribution in [0.5, 0.6) is 0 Å². The van der Waals surface area contributed by atoms with Crippen LogP contribution in [0.15, 0.2) is 60.7 Å². The molecular formula is C20H26N2O3S. The SMILES string of the molecule is CC1CN(S(=O)(=O)N(Cc2ccccc2)Cc2ccccc2)CC(C)O1. The first-order valence-corrected chi connectivity index (χ1v) is 10.3. The van der Waals surface area contributed by atoms with E-state index in [9.17, 15) is 8.42 Å². The molecule has 5 nitrogen and oxygen atoms in total. The molecule has 0 bridgehead atoms. The van der Waals surface area contributed by atoms with Crippen molar-refractivity contribution in [3.8, 4) is 0 Å². The molecule has 0 N–H and O–H groups in total. The molecule has 1 heterocycles. The zero-order chi connectivity index (χ0) is 18.6. The summed E-state index contributed by atoms with van der Waals surface area (Å²) in [4.78, 5) is 0. The van der Waals surface area contributed by atoms with Gasteiger partial charge in [0.25, 0.3) is 10.2 Å². The minimum Gasteiger partial charge on any atom is -0.373 e. The molecule has 6 heteroatoms. The average molecular weight is 375 g/mol. The fourth-order valence-corrected chi connectivity index (χ4v) is 5.02. The molecule has 0 saturated carbocycles. The summed E-state index contributed by atoms with van der Waals surface area (Å²) >= 11 is 0. The Balaban J connectivity index is 1.88. The molecule has 0 aliphatic carbocycles. The normalized spacial score (nSPS) is 21.8. The Hall–Kier alpha value is -1.73. The fraction of sp³-hybridized carbons (Fsp3) is 0.400. The van der Waals surface area contributed by atoms with Gasteiger partial charge in [-0.15, -0.1) is 0 Å². The van der Waals surface area contributed by atoms with Gasteiger partial charge in [0.1, 0.15) is 0 Å². The van der Waals surface area contributed by atoms with Gasteiger partial charge >= 0.3 is 0 Å². The standard InChI is InChI=1S/C20H26N2O3S/c1-17-13-21(14-18(2)25-17)26(23,24)22(15-19-9-5-3-6-10-19)16-20-11-7-4-8-12-20/h3-12,17-18H,13-16H2,1-2H3. The highest BCUT2D eigenvalue weighted by molar-refractivity contribution is 7.86. The van der Waals surface area contributed by atoms with Crippen LogP contribution in [-0.2, 0) is 28.0 Å². The summed E-state index contributed by atoms with van der Waals surface area (Å²) in [6, 6.07) is 19.4. The number of benzene rings is 2. The Kier molecular flexibility index (Phi) is 6.09. The summed E-state index contributed by atoms with van der Waals surface area (Å²) in [5.74, 6) is 0. The van der Waals surface area contributed by atoms with E-state index >= 15 is 0 Å². The minimum atomic E-state index is -3.60. The van der Waals surface area contributed by atoms with Crippen LogP contribution in [0.1, 0.15) is 25.0 Å². The third kappa shape index (κ3) is 4.71. The smallest absolute Gasteiger partial charge is 0.282 e. The number of nitrogens with zero attached hydrogens (tertiary/aromatic N) is 2. The maximum atomic E-state index is 13.4. The van der Waals surface area contributed by atoms with Crippen molar-refractivity contribution in [3.05, 3.63) is 71.8 Å². The summed E-state index contributed by atoms with van der Waals surface area (Å²) < 4.78 is 35.6. The number of hydrogen-bond acceptors (Lipinski definition) is 3. The Morgan fingerprint density at radius 1 is 0.885 bits per heavy atom. The molecule has 2 aromatic carbocycles. The molecule has 0 spiro atoms. The molecule has 2 aromatic rings. The summed E-state index contributed by atoms with van der Waals surface area (Å²) in [5, 5.41) is 0. The van der Waals surface area contributed by atoms with Crippen molar-refractivity contribution in [1.82, 2.24) is 8.61 Å². The van der Waals surface area contributed by atoms with E-state index in [-0.39, 0.29) is 12.2 Å². The minimum absolute atomic E-state index is 0.108. The lowest BCUT2D eigenvalue weighted by atomic mass is 10.2. The van der Waals surface area contributed by atoms with Crippen molar-refractivity contribution in [2.24, 2.45) is 0 Å². The first-order chi connectivity index (χ1) is 12.4. The van der Waals surface area contributed by atoms with Crippen LogP contribution < -0.4 is 0 Å². The summed E-state index contributed by atoms with van der Waals surface area (Å²) in [6.45, 7) is 5.28. The maximum Gasteiger partial charge on any atom is 0.282 e. The molecule has 2 atom stereocenters. The number of morpholine rings is 1. The molecule has 1 saturated heterocycles. The molecule has 0 radical (unpaired) electrons. The van der Waals surface area contributed by atoms with Crippen LogP contribution in [0.4, 0.5) is 0 Å². The van der Waals surface area contributed by atoms with Crippen molar-refractivity contribution >= 4 is 10.2 Å². The number of hydrogen-bond donors (Lipinski definition) is 0. The van der Waals surface area contributed by atoms with Crippen molar-refractivity contribution in [1.29, 1.82) is 0 Å². The van der Waals surface area contributed by atoms with Gasteiger partial charge in [0.05, 0.1) is 12.2 Å². The third-order valence-electron chi connectivity index (χ3n) is 4.44. The van der Waals surface area contributed by atoms with Crippen LogP contribution in [0.2, 0.25) is 0 Å². The largest absolute Gasteiger partial charge is 0.373 e. The second-order valence-corrected chi connectivity index (χ2v) is 8.75. The van der Waals surface area contributed by atoms with Crippen molar-refractivity contribution in [2.75, 3.05) is 13.1 Å². The highest BCUT2D eigenvalue weighted by Gasteiger charge is 2.35. The second-order valence-electron chi connectivity index (χ2n) is 6.82. The summed E-state index contributed by atoms with van der Waals surface area (Å²) in [5.41, 5.74) is 1.95. The van der Waals surface area contributed by atoms with Crippen LogP contribution in [0, 0.1) is 0 Å². The molecule has 0 aromatic heterocycles. The molecule has 0 amide bonds. The Morgan fingerprint density at radius 3 is 1.73 bits per heavy atom. The Labute approximate surface area is 156 Å². The third-order valence-corrected chi connectivity index (χ3v) is 6.30. The van der Waals surface area contributed by atoms with Gasteiger partial charge in [-0.25, -0.2) is 0 Å². The molecule has 3 rings (SSSR count). The molecule has 1 fully saturated rings. The monoisotopic (exact) mass is 374 g/mol. The highest BCUT2D eigenvalue weighted by Crippen LogP contribution is 2.21. The predicted molar refractivity (Wildman–Crippen MR) is 103 cm³/mol. The summed E-state index contributed by atoms with van der Waals surface area (Å²) in [7, 11) is -3.60. The molecule has 2 unspecified atom stereocenters. The van der Waals surface area contributed by atoms with E-state index in [0.717, 1.165) is 11.1 Å². The zero-order valence-electron chi connectivity index (χ0n) is 15.3. The average Bonchev–Trinajstić information content (AvgIpc) is 2.62. The van der Waals surface area contributed by atoms with Crippen LogP contribution in [0.25, 0.3) is 0 Å². The lowest BCUT2D eigenvalue weighted by Gasteiger charge is -2.37. The van der Waals surface area contributed by atoms with Crippen LogP contribution in [0.3, 0.4) is 0 Å². The van der Waals surface area contributed by atoms with E-state index in [2.05, 4.69) is 0 Å². The lowest BCUT2D eigenvalue weighted by Crippen LogP contribution is -2.52. The van der Waals surface area contributed by atoms with Gasteiger partial charge in [-0.1, -0.05) is 60.7 Å². The number of rotatable bonds is 6. The van der Waals surface area contributed by atoms with Gasteiger partial charge in [-0.2, -0.15) is 17.0 Å². The first-order valence-electron chi connectivity index (χ1n) is 8.93. The fourth-order valence-electron chi connectivity index (χ4n) is 3.28. The molecule has 140 valence electrons. The molecule has 26 heavy (non-hydrogen) atoms. The maximum absolute atomic E-state index is 13.4. The lowest BCUT2D eigenvalue weighted by molar-refractivity contribution is -0.0456. The first kappa shape index (κ1) is 19.0. The van der Waals surface area contributed by atoms with Gasteiger partial charge < -0.3 is 4.74 Å². The van der Waals surface area contributed by atoms with E-state index in [0.29, 0.717) is 26.2 Å². The van der Waals surface area contributed by atoms with E-state index in [1.54, 1.807) is 8.61 Å². The topological polar surface area (TPSA) is 49.9 Å². The quantitative estimate of drug-likeness (QED) is 0.781. The van der Waals surface area contributed by atoms with Gasteiger partial charge in [-0.3, -0.25) is 0 Å². The van der Waals surface area contributed by atoms with Gasteiger partial charge in [0.15, 0.2) is 0 Å². The van der Waals surface area contributed by atoms with Gasteiger partial charge in [-0.05, 0) is 25.0 Å². The van der Waals surface area contributed by atoms with E-state index in [1.807, 2.05) is 74.5 Å². The molecular weight excluding hydrogens is 348 g/mol. The van der Waals surface area contributed by atoms with Gasteiger partial charge in [0.2, 0.25) is 0 Å². The van der Waals surface area contributed by atoms with E-state index < -0.39 is 10.2 Å². The van der Waals surface area contributed by atoms with Crippen molar-refractivity contribution in [2.45, 2.75) is 39.1 Å². The molecule has 1 aliphatic rings. The number of ether oxygens (including phenoxy) is 1. The zero-order valence-corrected chi connectivity index (χ0v) is 16.1. The predicted octanol–water partition coefficient (Wildman–Crippen LogP) is 3.04. The van der Waals surface area contributed by atoms with Crippen molar-refractivity contribution < 1.29 is 13.2 Å². The highest BCUT2D eigenvalue weighted by atomic mass is 32.2.